The van der Waals surface area contributed by atoms with E-state index in [0.29, 0.717) is 17.4 Å². The first-order valence-corrected chi connectivity index (χ1v) is 8.78. The predicted molar refractivity (Wildman–Crippen MR) is 101 cm³/mol. The molecule has 0 N–H and O–H groups in total. The molecule has 1 aliphatic rings. The number of halogens is 1. The van der Waals surface area contributed by atoms with Gasteiger partial charge in [-0.1, -0.05) is 47.1 Å². The average molecular weight is 368 g/mol. The molecule has 0 saturated carbocycles. The van der Waals surface area contributed by atoms with Gasteiger partial charge in [0.2, 0.25) is 0 Å². The Morgan fingerprint density at radius 1 is 1.23 bits per heavy atom. The normalized spacial score (nSPS) is 20.5. The molecule has 2 aromatic carbocycles. The zero-order valence-corrected chi connectivity index (χ0v) is 15.0. The van der Waals surface area contributed by atoms with E-state index in [4.69, 9.17) is 21.2 Å². The Labute approximate surface area is 156 Å². The van der Waals surface area contributed by atoms with Crippen LogP contribution in [0, 0.1) is 0 Å². The van der Waals surface area contributed by atoms with Gasteiger partial charge in [-0.3, -0.25) is 0 Å². The lowest BCUT2D eigenvalue weighted by Gasteiger charge is -2.33. The number of hydrogen-bond donors (Lipinski definition) is 0. The van der Waals surface area contributed by atoms with Crippen LogP contribution >= 0.6 is 11.6 Å². The number of oxime groups is 1. The Morgan fingerprint density at radius 3 is 2.85 bits per heavy atom. The lowest BCUT2D eigenvalue weighted by atomic mass is 9.95. The summed E-state index contributed by atoms with van der Waals surface area (Å²) in [6, 6.07) is 15.4. The molecule has 3 aromatic rings. The van der Waals surface area contributed by atoms with Crippen LogP contribution in [0.2, 0.25) is 5.02 Å². The highest BCUT2D eigenvalue weighted by molar-refractivity contribution is 6.31. The van der Waals surface area contributed by atoms with E-state index in [-0.39, 0.29) is 12.1 Å². The van der Waals surface area contributed by atoms with Gasteiger partial charge in [0.05, 0.1) is 6.33 Å². The van der Waals surface area contributed by atoms with Crippen LogP contribution in [0.3, 0.4) is 0 Å². The molecule has 2 atom stereocenters. The molecule has 0 radical (unpaired) electrons. The van der Waals surface area contributed by atoms with Gasteiger partial charge in [0.25, 0.3) is 0 Å². The number of nitrogens with zero attached hydrogens (tertiary/aromatic N) is 3. The fourth-order valence-corrected chi connectivity index (χ4v) is 3.29. The SMILES string of the molecule is C[C@@H]1Oc2cc(Cl)ccc2/C(=N\OCc2ccccc2)[C@H]1n1ccnc1. The maximum Gasteiger partial charge on any atom is 0.142 e. The first-order chi connectivity index (χ1) is 12.7. The number of fused-ring (bicyclic) bond motifs is 1. The zero-order valence-electron chi connectivity index (χ0n) is 14.2. The summed E-state index contributed by atoms with van der Waals surface area (Å²) in [6.07, 6.45) is 5.26. The summed E-state index contributed by atoms with van der Waals surface area (Å²) in [5.74, 6) is 0.712. The first kappa shape index (κ1) is 16.7. The van der Waals surface area contributed by atoms with Gasteiger partial charge in [-0.15, -0.1) is 0 Å². The lowest BCUT2D eigenvalue weighted by molar-refractivity contribution is 0.122. The number of imidazole rings is 1. The average Bonchev–Trinajstić information content (AvgIpc) is 3.16. The molecule has 132 valence electrons. The fraction of sp³-hybridized carbons (Fsp3) is 0.200. The standard InChI is InChI=1S/C20H18ClN3O2/c1-14-20(24-10-9-22-13-24)19(17-8-7-16(21)11-18(17)26-14)23-25-12-15-5-3-2-4-6-15/h2-11,13-14,20H,12H2,1H3/b23-19+/t14-,20-/m0/s1. The summed E-state index contributed by atoms with van der Waals surface area (Å²) in [7, 11) is 0. The van der Waals surface area contributed by atoms with E-state index < -0.39 is 0 Å². The van der Waals surface area contributed by atoms with Crippen molar-refractivity contribution in [1.82, 2.24) is 9.55 Å². The van der Waals surface area contributed by atoms with Gasteiger partial charge in [-0.05, 0) is 30.7 Å². The molecule has 2 heterocycles. The zero-order chi connectivity index (χ0) is 17.9. The highest BCUT2D eigenvalue weighted by Gasteiger charge is 2.35. The van der Waals surface area contributed by atoms with Crippen molar-refractivity contribution < 1.29 is 9.57 Å². The van der Waals surface area contributed by atoms with Crippen molar-refractivity contribution in [3.63, 3.8) is 0 Å². The maximum atomic E-state index is 6.13. The first-order valence-electron chi connectivity index (χ1n) is 8.40. The minimum atomic E-state index is -0.144. The lowest BCUT2D eigenvalue weighted by Crippen LogP contribution is -2.37. The number of benzene rings is 2. The second-order valence-electron chi connectivity index (χ2n) is 6.15. The van der Waals surface area contributed by atoms with Crippen LogP contribution < -0.4 is 4.74 Å². The molecule has 0 unspecified atom stereocenters. The molecule has 6 heteroatoms. The van der Waals surface area contributed by atoms with Crippen LogP contribution in [0.25, 0.3) is 0 Å². The van der Waals surface area contributed by atoms with Crippen molar-refractivity contribution in [1.29, 1.82) is 0 Å². The van der Waals surface area contributed by atoms with Crippen LogP contribution in [0.5, 0.6) is 5.75 Å². The van der Waals surface area contributed by atoms with Gasteiger partial charge >= 0.3 is 0 Å². The van der Waals surface area contributed by atoms with Gasteiger partial charge in [0.15, 0.2) is 0 Å². The van der Waals surface area contributed by atoms with E-state index in [2.05, 4.69) is 10.1 Å². The summed E-state index contributed by atoms with van der Waals surface area (Å²) in [5, 5.41) is 5.11. The molecular weight excluding hydrogens is 350 g/mol. The Kier molecular flexibility index (Phi) is 4.63. The fourth-order valence-electron chi connectivity index (χ4n) is 3.12. The molecule has 0 fully saturated rings. The minimum absolute atomic E-state index is 0.137. The number of hydrogen-bond acceptors (Lipinski definition) is 4. The van der Waals surface area contributed by atoms with Gasteiger partial charge in [-0.2, -0.15) is 0 Å². The number of aromatic nitrogens is 2. The summed E-state index contributed by atoms with van der Waals surface area (Å²) < 4.78 is 8.05. The summed E-state index contributed by atoms with van der Waals surface area (Å²) in [5.41, 5.74) is 2.73. The van der Waals surface area contributed by atoms with E-state index >= 15 is 0 Å². The molecule has 0 bridgehead atoms. The maximum absolute atomic E-state index is 6.13. The summed E-state index contributed by atoms with van der Waals surface area (Å²) in [4.78, 5) is 9.84. The molecular formula is C20H18ClN3O2. The molecule has 0 spiro atoms. The second kappa shape index (κ2) is 7.22. The Bertz CT molecular complexity index is 910. The third-order valence-electron chi connectivity index (χ3n) is 4.34. The second-order valence-corrected chi connectivity index (χ2v) is 6.59. The third-order valence-corrected chi connectivity index (χ3v) is 4.58. The van der Waals surface area contributed by atoms with Crippen molar-refractivity contribution in [3.8, 4) is 5.75 Å². The Balaban J connectivity index is 1.70. The van der Waals surface area contributed by atoms with E-state index in [0.717, 1.165) is 16.8 Å². The van der Waals surface area contributed by atoms with Crippen molar-refractivity contribution in [2.24, 2.45) is 5.16 Å². The smallest absolute Gasteiger partial charge is 0.142 e. The number of rotatable bonds is 4. The summed E-state index contributed by atoms with van der Waals surface area (Å²) >= 11 is 6.13. The topological polar surface area (TPSA) is 48.6 Å². The third kappa shape index (κ3) is 3.30. The van der Waals surface area contributed by atoms with E-state index in [9.17, 15) is 0 Å². The van der Waals surface area contributed by atoms with Crippen LogP contribution in [0.4, 0.5) is 0 Å². The van der Waals surface area contributed by atoms with Crippen LogP contribution in [-0.4, -0.2) is 21.4 Å². The van der Waals surface area contributed by atoms with E-state index in [1.807, 2.05) is 66.2 Å². The Morgan fingerprint density at radius 2 is 2.08 bits per heavy atom. The molecule has 4 rings (SSSR count). The molecule has 1 aromatic heterocycles. The van der Waals surface area contributed by atoms with Gasteiger partial charge < -0.3 is 14.1 Å². The summed E-state index contributed by atoms with van der Waals surface area (Å²) in [6.45, 7) is 2.40. The van der Waals surface area contributed by atoms with Crippen LogP contribution in [0.15, 0.2) is 72.4 Å². The minimum Gasteiger partial charge on any atom is -0.487 e. The highest BCUT2D eigenvalue weighted by atomic mass is 35.5. The van der Waals surface area contributed by atoms with Crippen LogP contribution in [0.1, 0.15) is 24.1 Å². The monoisotopic (exact) mass is 367 g/mol. The van der Waals surface area contributed by atoms with E-state index in [1.165, 1.54) is 0 Å². The van der Waals surface area contributed by atoms with E-state index in [1.54, 1.807) is 12.5 Å². The molecule has 1 aliphatic heterocycles. The van der Waals surface area contributed by atoms with Crippen LogP contribution in [-0.2, 0) is 11.4 Å². The molecule has 0 amide bonds. The highest BCUT2D eigenvalue weighted by Crippen LogP contribution is 2.35. The Hall–Kier alpha value is -2.79. The molecule has 5 nitrogen and oxygen atoms in total. The number of ether oxygens (including phenoxy) is 1. The largest absolute Gasteiger partial charge is 0.487 e. The van der Waals surface area contributed by atoms with Crippen molar-refractivity contribution in [2.75, 3.05) is 0 Å². The molecule has 26 heavy (non-hydrogen) atoms. The van der Waals surface area contributed by atoms with Crippen molar-refractivity contribution in [2.45, 2.75) is 25.7 Å². The molecule has 0 saturated heterocycles. The molecule has 0 aliphatic carbocycles. The van der Waals surface area contributed by atoms with Gasteiger partial charge in [0.1, 0.15) is 30.2 Å². The van der Waals surface area contributed by atoms with Gasteiger partial charge in [0, 0.05) is 23.0 Å². The van der Waals surface area contributed by atoms with Crippen molar-refractivity contribution >= 4 is 17.3 Å². The predicted octanol–water partition coefficient (Wildman–Crippen LogP) is 4.48. The quantitative estimate of drug-likeness (QED) is 0.639. The van der Waals surface area contributed by atoms with Crippen molar-refractivity contribution in [3.05, 3.63) is 83.4 Å². The van der Waals surface area contributed by atoms with Gasteiger partial charge in [-0.25, -0.2) is 4.98 Å².